The molecular formula is C35H26F2N3O5P. The number of aromatic nitrogens is 3. The summed E-state index contributed by atoms with van der Waals surface area (Å²) < 4.78 is 71.2. The third-order valence-corrected chi connectivity index (χ3v) is 10.1. The van der Waals surface area contributed by atoms with Gasteiger partial charge in [0, 0.05) is 0 Å². The molecule has 0 fully saturated rings. The number of hydrogen-bond acceptors (Lipinski definition) is 8. The minimum Gasteiger partial charge on any atom is -0.496 e. The van der Waals surface area contributed by atoms with Crippen LogP contribution in [-0.4, -0.2) is 29.2 Å². The average Bonchev–Trinajstić information content (AvgIpc) is 3.09. The van der Waals surface area contributed by atoms with E-state index in [4.69, 9.17) is 18.9 Å². The number of para-hydroxylation sites is 4. The van der Waals surface area contributed by atoms with E-state index < -0.39 is 24.1 Å². The quantitative estimate of drug-likeness (QED) is 0.148. The van der Waals surface area contributed by atoms with Gasteiger partial charge in [-0.2, -0.15) is 9.97 Å². The number of nitrogens with zero attached hydrogens (tertiary/aromatic N) is 3. The average molecular weight is 638 g/mol. The summed E-state index contributed by atoms with van der Waals surface area (Å²) in [6.45, 7) is 0. The van der Waals surface area contributed by atoms with Gasteiger partial charge < -0.3 is 23.5 Å². The zero-order valence-corrected chi connectivity index (χ0v) is 25.5. The Labute approximate surface area is 263 Å². The van der Waals surface area contributed by atoms with Gasteiger partial charge in [-0.25, -0.2) is 8.78 Å². The lowest BCUT2D eigenvalue weighted by atomic mass is 10.2. The van der Waals surface area contributed by atoms with Crippen LogP contribution in [0.4, 0.5) is 8.78 Å². The van der Waals surface area contributed by atoms with Gasteiger partial charge in [0.2, 0.25) is 0 Å². The first-order chi connectivity index (χ1) is 22.4. The van der Waals surface area contributed by atoms with Crippen molar-refractivity contribution in [1.82, 2.24) is 15.0 Å². The van der Waals surface area contributed by atoms with Crippen LogP contribution in [0.15, 0.2) is 121 Å². The molecule has 6 rings (SSSR count). The molecule has 0 aliphatic carbocycles. The predicted octanol–water partition coefficient (Wildman–Crippen LogP) is 7.06. The Morgan fingerprint density at radius 3 is 1.50 bits per heavy atom. The molecule has 0 aliphatic rings. The fraction of sp³-hybridized carbons (Fsp3) is 0.0571. The summed E-state index contributed by atoms with van der Waals surface area (Å²) in [6.07, 6.45) is 0. The van der Waals surface area contributed by atoms with E-state index in [9.17, 15) is 0 Å². The van der Waals surface area contributed by atoms with Gasteiger partial charge >= 0.3 is 12.0 Å². The number of ether oxygens (including phenoxy) is 4. The number of methoxy groups -OCH3 is 2. The molecule has 0 unspecified atom stereocenters. The molecular weight excluding hydrogens is 611 g/mol. The Kier molecular flexibility index (Phi) is 8.72. The van der Waals surface area contributed by atoms with E-state index in [0.29, 0.717) is 11.5 Å². The minimum absolute atomic E-state index is 0.0776. The SMILES string of the molecule is COc1ccccc1P(=O)(c1ccccc1OC)c1c(F)ccc(-c2nc(Oc3ccccc3)nc(Oc3ccccc3)n2)c1F. The van der Waals surface area contributed by atoms with Crippen molar-refractivity contribution in [3.8, 4) is 46.4 Å². The van der Waals surface area contributed by atoms with Crippen LogP contribution in [0.5, 0.6) is 35.0 Å². The maximum absolute atomic E-state index is 17.0. The van der Waals surface area contributed by atoms with Gasteiger partial charge in [-0.1, -0.05) is 60.7 Å². The van der Waals surface area contributed by atoms with Gasteiger partial charge in [-0.15, -0.1) is 4.98 Å². The highest BCUT2D eigenvalue weighted by Crippen LogP contribution is 2.49. The molecule has 5 aromatic carbocycles. The van der Waals surface area contributed by atoms with Crippen molar-refractivity contribution in [1.29, 1.82) is 0 Å². The molecule has 0 aliphatic heterocycles. The monoisotopic (exact) mass is 637 g/mol. The van der Waals surface area contributed by atoms with Crippen LogP contribution in [0.1, 0.15) is 0 Å². The van der Waals surface area contributed by atoms with E-state index >= 15 is 13.3 Å². The van der Waals surface area contributed by atoms with Crippen molar-refractivity contribution < 1.29 is 32.3 Å². The number of hydrogen-bond donors (Lipinski definition) is 0. The van der Waals surface area contributed by atoms with E-state index in [-0.39, 0.29) is 45.5 Å². The zero-order chi connectivity index (χ0) is 32.1. The molecule has 0 saturated carbocycles. The summed E-state index contributed by atoms with van der Waals surface area (Å²) in [5.41, 5.74) is -0.264. The molecule has 0 saturated heterocycles. The number of benzene rings is 5. The standard InChI is InChI=1S/C35H26F2N3O5P/c1-42-27-17-9-11-19-29(27)46(41,30-20-12-10-18-28(30)43-2)32-26(36)22-21-25(31(32)37)33-38-34(44-23-13-5-3-6-14-23)40-35(39-33)45-24-15-7-4-8-16-24/h3-22H,1-2H3. The molecule has 230 valence electrons. The Balaban J connectivity index is 1.58. The largest absolute Gasteiger partial charge is 0.496 e. The number of halogens is 2. The first-order valence-electron chi connectivity index (χ1n) is 14.0. The summed E-state index contributed by atoms with van der Waals surface area (Å²) in [7, 11) is -1.59. The Morgan fingerprint density at radius 2 is 1.02 bits per heavy atom. The van der Waals surface area contributed by atoms with Crippen LogP contribution in [0.2, 0.25) is 0 Å². The summed E-state index contributed by atoms with van der Waals surface area (Å²) in [4.78, 5) is 12.9. The first-order valence-corrected chi connectivity index (χ1v) is 15.7. The highest BCUT2D eigenvalue weighted by atomic mass is 31.2. The van der Waals surface area contributed by atoms with Crippen molar-refractivity contribution >= 4 is 23.1 Å². The third-order valence-electron chi connectivity index (χ3n) is 6.97. The van der Waals surface area contributed by atoms with E-state index in [1.54, 1.807) is 84.9 Å². The molecule has 1 heterocycles. The summed E-state index contributed by atoms with van der Waals surface area (Å²) in [5.74, 6) is -1.27. The topological polar surface area (TPSA) is 92.7 Å². The van der Waals surface area contributed by atoms with E-state index in [1.807, 2.05) is 12.1 Å². The normalized spacial score (nSPS) is 11.1. The van der Waals surface area contributed by atoms with Crippen molar-refractivity contribution in [2.24, 2.45) is 0 Å². The number of rotatable bonds is 10. The summed E-state index contributed by atoms with van der Waals surface area (Å²) >= 11 is 0. The van der Waals surface area contributed by atoms with Gasteiger partial charge in [0.15, 0.2) is 13.0 Å². The molecule has 46 heavy (non-hydrogen) atoms. The molecule has 1 aromatic heterocycles. The van der Waals surface area contributed by atoms with Crippen LogP contribution in [0.3, 0.4) is 0 Å². The minimum atomic E-state index is -4.37. The molecule has 0 N–H and O–H groups in total. The van der Waals surface area contributed by atoms with Crippen molar-refractivity contribution in [3.05, 3.63) is 133 Å². The van der Waals surface area contributed by atoms with E-state index in [2.05, 4.69) is 15.0 Å². The lowest BCUT2D eigenvalue weighted by Crippen LogP contribution is -2.31. The van der Waals surface area contributed by atoms with Gasteiger partial charge in [0.25, 0.3) is 0 Å². The Hall–Kier alpha value is -5.60. The van der Waals surface area contributed by atoms with Gasteiger partial charge in [-0.05, 0) is 60.7 Å². The molecule has 0 atom stereocenters. The fourth-order valence-corrected chi connectivity index (χ4v) is 7.95. The van der Waals surface area contributed by atoms with Crippen LogP contribution >= 0.6 is 7.14 Å². The highest BCUT2D eigenvalue weighted by molar-refractivity contribution is 7.85. The van der Waals surface area contributed by atoms with E-state index in [1.165, 1.54) is 26.4 Å². The van der Waals surface area contributed by atoms with Crippen LogP contribution in [0.25, 0.3) is 11.4 Å². The molecule has 11 heteroatoms. The molecule has 0 amide bonds. The van der Waals surface area contributed by atoms with E-state index in [0.717, 1.165) is 12.1 Å². The molecule has 0 spiro atoms. The maximum atomic E-state index is 17.0. The van der Waals surface area contributed by atoms with Gasteiger partial charge in [0.1, 0.15) is 34.6 Å². The fourth-order valence-electron chi connectivity index (χ4n) is 4.89. The second kappa shape index (κ2) is 13.2. The second-order valence-corrected chi connectivity index (χ2v) is 12.4. The van der Waals surface area contributed by atoms with Crippen molar-refractivity contribution in [2.75, 3.05) is 14.2 Å². The lowest BCUT2D eigenvalue weighted by Gasteiger charge is -2.25. The Bertz CT molecular complexity index is 1940. The maximum Gasteiger partial charge on any atom is 0.328 e. The van der Waals surface area contributed by atoms with Crippen LogP contribution < -0.4 is 34.9 Å². The zero-order valence-electron chi connectivity index (χ0n) is 24.6. The second-order valence-electron chi connectivity index (χ2n) is 9.76. The molecule has 0 radical (unpaired) electrons. The molecule has 8 nitrogen and oxygen atoms in total. The van der Waals surface area contributed by atoms with Crippen molar-refractivity contribution in [3.63, 3.8) is 0 Å². The highest BCUT2D eigenvalue weighted by Gasteiger charge is 2.41. The van der Waals surface area contributed by atoms with Crippen molar-refractivity contribution in [2.45, 2.75) is 0 Å². The summed E-state index contributed by atoms with van der Waals surface area (Å²) in [6, 6.07) is 32.0. The molecule has 6 aromatic rings. The Morgan fingerprint density at radius 1 is 0.565 bits per heavy atom. The summed E-state index contributed by atoms with van der Waals surface area (Å²) in [5, 5.41) is -0.543. The lowest BCUT2D eigenvalue weighted by molar-refractivity contribution is 0.398. The third kappa shape index (κ3) is 5.90. The van der Waals surface area contributed by atoms with Crippen LogP contribution in [0, 0.1) is 11.6 Å². The first kappa shape index (κ1) is 30.4. The van der Waals surface area contributed by atoms with Gasteiger partial charge in [-0.3, -0.25) is 0 Å². The van der Waals surface area contributed by atoms with Crippen LogP contribution in [-0.2, 0) is 4.57 Å². The smallest absolute Gasteiger partial charge is 0.328 e. The van der Waals surface area contributed by atoms with Gasteiger partial charge in [0.05, 0.1) is 35.7 Å². The predicted molar refractivity (Wildman–Crippen MR) is 171 cm³/mol. The molecule has 0 bridgehead atoms.